The van der Waals surface area contributed by atoms with Gasteiger partial charge in [0.15, 0.2) is 0 Å². The molecule has 2 atom stereocenters. The summed E-state index contributed by atoms with van der Waals surface area (Å²) in [5.74, 6) is 0. The van der Waals surface area contributed by atoms with Gasteiger partial charge in [-0.1, -0.05) is 44.0 Å². The van der Waals surface area contributed by atoms with Crippen molar-refractivity contribution in [3.63, 3.8) is 0 Å². The van der Waals surface area contributed by atoms with E-state index in [0.717, 1.165) is 10.0 Å². The number of rotatable bonds is 3. The van der Waals surface area contributed by atoms with Crippen molar-refractivity contribution in [1.29, 1.82) is 0 Å². The average molecular weight is 388 g/mol. The molecule has 1 aromatic rings. The van der Waals surface area contributed by atoms with Crippen LogP contribution in [0.4, 0.5) is 0 Å². The summed E-state index contributed by atoms with van der Waals surface area (Å²) in [4.78, 5) is 8.98. The minimum atomic E-state index is -0.816. The molecule has 0 aromatic heterocycles. The maximum atomic E-state index is 10.5. The summed E-state index contributed by atoms with van der Waals surface area (Å²) in [6, 6.07) is 7.37. The van der Waals surface area contributed by atoms with Gasteiger partial charge in [0.2, 0.25) is 0 Å². The zero-order valence-electron chi connectivity index (χ0n) is 6.86. The SMILES string of the molecule is O=[N+]([O-])[C@H](Br)[C@@H](Br)c1ccc(Br)cc1. The van der Waals surface area contributed by atoms with E-state index in [2.05, 4.69) is 47.8 Å². The molecule has 0 radical (unpaired) electrons. The minimum Gasteiger partial charge on any atom is -0.263 e. The summed E-state index contributed by atoms with van der Waals surface area (Å²) in [7, 11) is 0. The Bertz CT molecular complexity index is 328. The molecule has 0 unspecified atom stereocenters. The molecule has 76 valence electrons. The molecule has 0 amide bonds. The Hall–Kier alpha value is 0.0600. The van der Waals surface area contributed by atoms with E-state index in [1.807, 2.05) is 24.3 Å². The number of hydrogen-bond donors (Lipinski definition) is 0. The molecule has 0 bridgehead atoms. The molecule has 0 heterocycles. The van der Waals surface area contributed by atoms with Crippen molar-refractivity contribution in [2.24, 2.45) is 0 Å². The maximum Gasteiger partial charge on any atom is 0.282 e. The summed E-state index contributed by atoms with van der Waals surface area (Å²) < 4.78 is 0.952. The zero-order chi connectivity index (χ0) is 10.7. The predicted octanol–water partition coefficient (Wildman–Crippen LogP) is 3.88. The third-order valence-electron chi connectivity index (χ3n) is 1.63. The second-order valence-electron chi connectivity index (χ2n) is 2.61. The van der Waals surface area contributed by atoms with Gasteiger partial charge in [-0.05, 0) is 33.6 Å². The first kappa shape index (κ1) is 12.1. The molecule has 1 rings (SSSR count). The van der Waals surface area contributed by atoms with E-state index < -0.39 is 4.95 Å². The van der Waals surface area contributed by atoms with E-state index in [9.17, 15) is 10.1 Å². The molecule has 0 aliphatic carbocycles. The van der Waals surface area contributed by atoms with Crippen LogP contribution in [0.5, 0.6) is 0 Å². The molecule has 1 aromatic carbocycles. The van der Waals surface area contributed by atoms with Crippen molar-refractivity contribution < 1.29 is 4.92 Å². The van der Waals surface area contributed by atoms with Crippen molar-refractivity contribution in [2.45, 2.75) is 9.78 Å². The fraction of sp³-hybridized carbons (Fsp3) is 0.250. The van der Waals surface area contributed by atoms with Crippen LogP contribution in [0.15, 0.2) is 28.7 Å². The topological polar surface area (TPSA) is 43.1 Å². The Balaban J connectivity index is 2.84. The predicted molar refractivity (Wildman–Crippen MR) is 65.5 cm³/mol. The first-order valence-corrected chi connectivity index (χ1v) is 6.32. The van der Waals surface area contributed by atoms with Gasteiger partial charge in [0.05, 0.1) is 0 Å². The lowest BCUT2D eigenvalue weighted by Gasteiger charge is -2.10. The smallest absolute Gasteiger partial charge is 0.263 e. The first-order valence-electron chi connectivity index (χ1n) is 3.69. The van der Waals surface area contributed by atoms with Crippen LogP contribution in [-0.4, -0.2) is 9.87 Å². The van der Waals surface area contributed by atoms with Gasteiger partial charge in [0.1, 0.15) is 4.83 Å². The Morgan fingerprint density at radius 2 is 1.71 bits per heavy atom. The van der Waals surface area contributed by atoms with E-state index in [-0.39, 0.29) is 9.75 Å². The zero-order valence-corrected chi connectivity index (χ0v) is 11.6. The lowest BCUT2D eigenvalue weighted by Crippen LogP contribution is -2.16. The van der Waals surface area contributed by atoms with Crippen LogP contribution >= 0.6 is 47.8 Å². The molecule has 0 saturated carbocycles. The van der Waals surface area contributed by atoms with Crippen LogP contribution in [0.25, 0.3) is 0 Å². The second-order valence-corrected chi connectivity index (χ2v) is 5.45. The fourth-order valence-electron chi connectivity index (χ4n) is 0.912. The van der Waals surface area contributed by atoms with Crippen molar-refractivity contribution in [1.82, 2.24) is 0 Å². The number of nitro groups is 1. The molecular weight excluding hydrogens is 382 g/mol. The van der Waals surface area contributed by atoms with E-state index in [4.69, 9.17) is 0 Å². The Morgan fingerprint density at radius 1 is 1.21 bits per heavy atom. The Kier molecular flexibility index (Phi) is 4.53. The molecule has 0 N–H and O–H groups in total. The molecule has 0 spiro atoms. The highest BCUT2D eigenvalue weighted by molar-refractivity contribution is 9.12. The molecule has 0 fully saturated rings. The van der Waals surface area contributed by atoms with Crippen LogP contribution < -0.4 is 0 Å². The van der Waals surface area contributed by atoms with Crippen LogP contribution in [0.3, 0.4) is 0 Å². The van der Waals surface area contributed by atoms with Gasteiger partial charge in [-0.15, -0.1) is 0 Å². The van der Waals surface area contributed by atoms with Crippen molar-refractivity contribution in [2.75, 3.05) is 0 Å². The van der Waals surface area contributed by atoms with Gasteiger partial charge < -0.3 is 0 Å². The van der Waals surface area contributed by atoms with Gasteiger partial charge in [-0.25, -0.2) is 0 Å². The van der Waals surface area contributed by atoms with E-state index in [1.54, 1.807) is 0 Å². The number of nitrogens with zero attached hydrogens (tertiary/aromatic N) is 1. The largest absolute Gasteiger partial charge is 0.282 e. The molecule has 14 heavy (non-hydrogen) atoms. The molecule has 0 aliphatic heterocycles. The molecular formula is C8H6Br3NO2. The summed E-state index contributed by atoms with van der Waals surface area (Å²) in [6.45, 7) is 0. The van der Waals surface area contributed by atoms with E-state index >= 15 is 0 Å². The minimum absolute atomic E-state index is 0.328. The van der Waals surface area contributed by atoms with Gasteiger partial charge >= 0.3 is 0 Å². The summed E-state index contributed by atoms with van der Waals surface area (Å²) in [5, 5.41) is 10.5. The fourth-order valence-corrected chi connectivity index (χ4v) is 1.98. The van der Waals surface area contributed by atoms with Crippen molar-refractivity contribution in [3.05, 3.63) is 44.4 Å². The van der Waals surface area contributed by atoms with E-state index in [0.29, 0.717) is 0 Å². The standard InChI is InChI=1S/C8H6Br3NO2/c9-6-3-1-5(2-4-6)7(10)8(11)12(13)14/h1-4,7-8H/t7-,8-/m0/s1. The first-order chi connectivity index (χ1) is 6.52. The lowest BCUT2D eigenvalue weighted by atomic mass is 10.1. The van der Waals surface area contributed by atoms with Gasteiger partial charge in [-0.3, -0.25) is 10.1 Å². The number of hydrogen-bond acceptors (Lipinski definition) is 2. The lowest BCUT2D eigenvalue weighted by molar-refractivity contribution is -0.492. The average Bonchev–Trinajstić information content (AvgIpc) is 2.16. The van der Waals surface area contributed by atoms with Crippen molar-refractivity contribution in [3.8, 4) is 0 Å². The molecule has 3 nitrogen and oxygen atoms in total. The maximum absolute atomic E-state index is 10.5. The van der Waals surface area contributed by atoms with Crippen molar-refractivity contribution >= 4 is 47.8 Å². The van der Waals surface area contributed by atoms with Crippen LogP contribution in [-0.2, 0) is 0 Å². The molecule has 0 aliphatic rings. The number of alkyl halides is 2. The van der Waals surface area contributed by atoms with E-state index in [1.165, 1.54) is 0 Å². The van der Waals surface area contributed by atoms with Gasteiger partial charge in [-0.2, -0.15) is 0 Å². The summed E-state index contributed by atoms with van der Waals surface area (Å²) in [6.07, 6.45) is 0. The quantitative estimate of drug-likeness (QED) is 0.342. The third-order valence-corrected chi connectivity index (χ3v) is 4.76. The molecule has 0 saturated heterocycles. The monoisotopic (exact) mass is 385 g/mol. The number of benzene rings is 1. The van der Waals surface area contributed by atoms with Gasteiger partial charge in [0.25, 0.3) is 4.95 Å². The van der Waals surface area contributed by atoms with Crippen LogP contribution in [0.1, 0.15) is 10.4 Å². The highest BCUT2D eigenvalue weighted by Gasteiger charge is 2.27. The van der Waals surface area contributed by atoms with Crippen LogP contribution in [0, 0.1) is 10.1 Å². The Morgan fingerprint density at radius 3 is 2.14 bits per heavy atom. The van der Waals surface area contributed by atoms with Crippen LogP contribution in [0.2, 0.25) is 0 Å². The third kappa shape index (κ3) is 3.03. The normalized spacial score (nSPS) is 14.8. The summed E-state index contributed by atoms with van der Waals surface area (Å²) in [5.41, 5.74) is 0.867. The number of halogens is 3. The Labute approximate surface area is 106 Å². The summed E-state index contributed by atoms with van der Waals surface area (Å²) >= 11 is 9.58. The highest BCUT2D eigenvalue weighted by Crippen LogP contribution is 2.31. The molecule has 6 heteroatoms. The van der Waals surface area contributed by atoms with Gasteiger partial charge in [0, 0.05) is 9.40 Å². The second kappa shape index (κ2) is 5.23. The highest BCUT2D eigenvalue weighted by atomic mass is 79.9.